The summed E-state index contributed by atoms with van der Waals surface area (Å²) in [4.78, 5) is 17.7. The maximum atomic E-state index is 12.3. The van der Waals surface area contributed by atoms with E-state index in [1.54, 1.807) is 30.6 Å². The second-order valence-corrected chi connectivity index (χ2v) is 6.83. The van der Waals surface area contributed by atoms with Gasteiger partial charge in [-0.3, -0.25) is 4.79 Å². The Morgan fingerprint density at radius 2 is 2.08 bits per heavy atom. The molecule has 0 aliphatic carbocycles. The lowest BCUT2D eigenvalue weighted by atomic mass is 10.00. The number of pyridine rings is 1. The highest BCUT2D eigenvalue weighted by molar-refractivity contribution is 7.19. The van der Waals surface area contributed by atoms with Gasteiger partial charge in [-0.1, -0.05) is 18.2 Å². The van der Waals surface area contributed by atoms with Gasteiger partial charge in [-0.15, -0.1) is 11.3 Å². The zero-order valence-electron chi connectivity index (χ0n) is 13.7. The van der Waals surface area contributed by atoms with Crippen molar-refractivity contribution in [3.05, 3.63) is 64.2 Å². The third-order valence-corrected chi connectivity index (χ3v) is 5.06. The van der Waals surface area contributed by atoms with E-state index in [0.717, 1.165) is 5.56 Å². The Labute approximate surface area is 145 Å². The molecule has 3 aromatic rings. The summed E-state index contributed by atoms with van der Waals surface area (Å²) in [5.41, 5.74) is 8.39. The summed E-state index contributed by atoms with van der Waals surface area (Å²) in [6.45, 7) is 2.10. The molecule has 4 nitrogen and oxygen atoms in total. The summed E-state index contributed by atoms with van der Waals surface area (Å²) >= 11 is 1.76. The first-order chi connectivity index (χ1) is 11.6. The van der Waals surface area contributed by atoms with Crippen LogP contribution >= 0.6 is 11.3 Å². The van der Waals surface area contributed by atoms with Crippen LogP contribution in [0.25, 0.3) is 16.2 Å². The number of aromatic nitrogens is 1. The Balaban J connectivity index is 2.02. The minimum Gasteiger partial charge on any atom is -0.384 e. The predicted molar refractivity (Wildman–Crippen MR) is 101 cm³/mol. The van der Waals surface area contributed by atoms with Gasteiger partial charge in [0, 0.05) is 34.8 Å². The zero-order chi connectivity index (χ0) is 17.1. The van der Waals surface area contributed by atoms with Gasteiger partial charge < -0.3 is 11.1 Å². The summed E-state index contributed by atoms with van der Waals surface area (Å²) in [7, 11) is 1.65. The van der Waals surface area contributed by atoms with Gasteiger partial charge in [-0.25, -0.2) is 4.98 Å². The predicted octanol–water partition coefficient (Wildman–Crippen LogP) is 3.56. The smallest absolute Gasteiger partial charge is 0.247 e. The topological polar surface area (TPSA) is 68.0 Å². The van der Waals surface area contributed by atoms with Crippen LogP contribution in [-0.4, -0.2) is 17.9 Å². The van der Waals surface area contributed by atoms with Crippen LogP contribution in [0.4, 0.5) is 5.82 Å². The summed E-state index contributed by atoms with van der Waals surface area (Å²) in [6.07, 6.45) is 4.13. The third kappa shape index (κ3) is 3.31. The third-order valence-electron chi connectivity index (χ3n) is 3.94. The SMILES string of the molecule is CNC(=O)C(=Cc1ccc(N)nc1)Cc1c(C)sc2ccccc12. The molecule has 0 saturated carbocycles. The second-order valence-electron chi connectivity index (χ2n) is 5.57. The number of hydrogen-bond acceptors (Lipinski definition) is 4. The summed E-state index contributed by atoms with van der Waals surface area (Å²) in [5, 5.41) is 3.94. The molecule has 2 aromatic heterocycles. The minimum atomic E-state index is -0.0819. The van der Waals surface area contributed by atoms with Crippen molar-refractivity contribution in [1.82, 2.24) is 10.3 Å². The molecule has 0 aliphatic heterocycles. The zero-order valence-corrected chi connectivity index (χ0v) is 14.5. The van der Waals surface area contributed by atoms with Gasteiger partial charge in [0.2, 0.25) is 5.91 Å². The first-order valence-electron chi connectivity index (χ1n) is 7.69. The molecule has 0 atom stereocenters. The van der Waals surface area contributed by atoms with Crippen LogP contribution in [0.2, 0.25) is 0 Å². The molecule has 2 heterocycles. The van der Waals surface area contributed by atoms with Crippen molar-refractivity contribution in [1.29, 1.82) is 0 Å². The fourth-order valence-corrected chi connectivity index (χ4v) is 3.78. The number of carbonyl (C=O) groups is 1. The number of nitrogen functional groups attached to an aromatic ring is 1. The van der Waals surface area contributed by atoms with E-state index in [0.29, 0.717) is 17.8 Å². The molecule has 0 saturated heterocycles. The van der Waals surface area contributed by atoms with E-state index in [1.165, 1.54) is 20.5 Å². The van der Waals surface area contributed by atoms with Crippen LogP contribution in [0, 0.1) is 6.92 Å². The highest BCUT2D eigenvalue weighted by atomic mass is 32.1. The number of likely N-dealkylation sites (N-methyl/N-ethyl adjacent to an activating group) is 1. The number of fused-ring (bicyclic) bond motifs is 1. The van der Waals surface area contributed by atoms with Crippen LogP contribution < -0.4 is 11.1 Å². The first-order valence-corrected chi connectivity index (χ1v) is 8.51. The van der Waals surface area contributed by atoms with E-state index in [4.69, 9.17) is 5.73 Å². The molecule has 0 bridgehead atoms. The molecule has 5 heteroatoms. The van der Waals surface area contributed by atoms with E-state index in [-0.39, 0.29) is 5.91 Å². The molecular formula is C19H19N3OS. The van der Waals surface area contributed by atoms with E-state index in [2.05, 4.69) is 29.4 Å². The van der Waals surface area contributed by atoms with Crippen molar-refractivity contribution >= 4 is 39.2 Å². The Kier molecular flexibility index (Phi) is 4.62. The van der Waals surface area contributed by atoms with Crippen molar-refractivity contribution in [2.24, 2.45) is 0 Å². The van der Waals surface area contributed by atoms with E-state index >= 15 is 0 Å². The van der Waals surface area contributed by atoms with E-state index < -0.39 is 0 Å². The molecule has 1 aromatic carbocycles. The van der Waals surface area contributed by atoms with Crippen LogP contribution in [0.1, 0.15) is 16.0 Å². The average molecular weight is 337 g/mol. The van der Waals surface area contributed by atoms with Gasteiger partial charge in [0.1, 0.15) is 5.82 Å². The lowest BCUT2D eigenvalue weighted by Gasteiger charge is -2.08. The highest BCUT2D eigenvalue weighted by Crippen LogP contribution is 2.32. The number of nitrogens with one attached hydrogen (secondary N) is 1. The summed E-state index contributed by atoms with van der Waals surface area (Å²) in [6, 6.07) is 11.9. The maximum Gasteiger partial charge on any atom is 0.247 e. The minimum absolute atomic E-state index is 0.0819. The fraction of sp³-hybridized carbons (Fsp3) is 0.158. The quantitative estimate of drug-likeness (QED) is 0.715. The van der Waals surface area contributed by atoms with E-state index in [1.807, 2.05) is 24.3 Å². The fourth-order valence-electron chi connectivity index (χ4n) is 2.69. The molecule has 0 unspecified atom stereocenters. The van der Waals surface area contributed by atoms with Crippen LogP contribution in [0.15, 0.2) is 48.2 Å². The van der Waals surface area contributed by atoms with Gasteiger partial charge in [0.15, 0.2) is 0 Å². The van der Waals surface area contributed by atoms with Crippen LogP contribution in [0.5, 0.6) is 0 Å². The number of nitrogens with zero attached hydrogens (tertiary/aromatic N) is 1. The number of hydrogen-bond donors (Lipinski definition) is 2. The van der Waals surface area contributed by atoms with Crippen molar-refractivity contribution in [3.8, 4) is 0 Å². The summed E-state index contributed by atoms with van der Waals surface area (Å²) < 4.78 is 1.25. The lowest BCUT2D eigenvalue weighted by Crippen LogP contribution is -2.21. The van der Waals surface area contributed by atoms with E-state index in [9.17, 15) is 4.79 Å². The largest absolute Gasteiger partial charge is 0.384 e. The number of nitrogens with two attached hydrogens (primary N) is 1. The van der Waals surface area contributed by atoms with Crippen molar-refractivity contribution in [2.45, 2.75) is 13.3 Å². The molecule has 0 spiro atoms. The number of anilines is 1. The Bertz CT molecular complexity index is 910. The first kappa shape index (κ1) is 16.2. The van der Waals surface area contributed by atoms with Gasteiger partial charge in [-0.05, 0) is 47.7 Å². The second kappa shape index (κ2) is 6.84. The molecular weight excluding hydrogens is 318 g/mol. The molecule has 122 valence electrons. The number of thiophene rings is 1. The van der Waals surface area contributed by atoms with Gasteiger partial charge in [0.05, 0.1) is 0 Å². The molecule has 0 fully saturated rings. The Morgan fingerprint density at radius 1 is 1.29 bits per heavy atom. The average Bonchev–Trinajstić information content (AvgIpc) is 2.91. The van der Waals surface area contributed by atoms with Crippen LogP contribution in [0.3, 0.4) is 0 Å². The Morgan fingerprint density at radius 3 is 2.79 bits per heavy atom. The standard InChI is InChI=1S/C19H19N3OS/c1-12-16(15-5-3-4-6-17(15)24-12)10-14(19(23)21-2)9-13-7-8-18(20)22-11-13/h3-9,11H,10H2,1-2H3,(H2,20,22)(H,21,23). The highest BCUT2D eigenvalue weighted by Gasteiger charge is 2.15. The molecule has 1 amide bonds. The molecule has 0 aliphatic rings. The van der Waals surface area contributed by atoms with Crippen LogP contribution in [-0.2, 0) is 11.2 Å². The molecule has 3 rings (SSSR count). The van der Waals surface area contributed by atoms with Gasteiger partial charge >= 0.3 is 0 Å². The molecule has 0 radical (unpaired) electrons. The normalized spacial score (nSPS) is 11.7. The Hall–Kier alpha value is -2.66. The maximum absolute atomic E-state index is 12.3. The van der Waals surface area contributed by atoms with Gasteiger partial charge in [0.25, 0.3) is 0 Å². The van der Waals surface area contributed by atoms with Gasteiger partial charge in [-0.2, -0.15) is 0 Å². The monoisotopic (exact) mass is 337 g/mol. The lowest BCUT2D eigenvalue weighted by molar-refractivity contribution is -0.117. The number of carbonyl (C=O) groups excluding carboxylic acids is 1. The number of benzene rings is 1. The molecule has 24 heavy (non-hydrogen) atoms. The van der Waals surface area contributed by atoms with Crippen molar-refractivity contribution < 1.29 is 4.79 Å². The molecule has 3 N–H and O–H groups in total. The van der Waals surface area contributed by atoms with Crippen molar-refractivity contribution in [3.63, 3.8) is 0 Å². The number of aryl methyl sites for hydroxylation is 1. The summed E-state index contributed by atoms with van der Waals surface area (Å²) in [5.74, 6) is 0.384. The number of rotatable bonds is 4. The van der Waals surface area contributed by atoms with Crippen molar-refractivity contribution in [2.75, 3.05) is 12.8 Å². The number of amides is 1.